The number of pyridine rings is 1. The molecule has 1 saturated heterocycles. The standard InChI is InChI=1S/C15H22N4/c1-15(5-8-19(2)9-6-15)12-17-11-13-4-3-7-18-14(13)10-16/h3-4,7,17H,5-6,8-9,11-12H2,1-2H3. The van der Waals surface area contributed by atoms with Gasteiger partial charge >= 0.3 is 0 Å². The van der Waals surface area contributed by atoms with Crippen LogP contribution in [0.3, 0.4) is 0 Å². The van der Waals surface area contributed by atoms with Crippen LogP contribution < -0.4 is 5.32 Å². The summed E-state index contributed by atoms with van der Waals surface area (Å²) in [7, 11) is 2.18. The van der Waals surface area contributed by atoms with E-state index in [0.29, 0.717) is 11.1 Å². The number of hydrogen-bond acceptors (Lipinski definition) is 4. The van der Waals surface area contributed by atoms with Gasteiger partial charge in [-0.2, -0.15) is 5.26 Å². The summed E-state index contributed by atoms with van der Waals surface area (Å²) in [5, 5.41) is 12.5. The summed E-state index contributed by atoms with van der Waals surface area (Å²) in [6.45, 7) is 6.42. The molecule has 1 aromatic rings. The summed E-state index contributed by atoms with van der Waals surface area (Å²) in [6.07, 6.45) is 4.13. The molecule has 102 valence electrons. The van der Waals surface area contributed by atoms with E-state index in [4.69, 9.17) is 5.26 Å². The van der Waals surface area contributed by atoms with Crippen LogP contribution in [0.15, 0.2) is 18.3 Å². The van der Waals surface area contributed by atoms with Crippen LogP contribution in [0.5, 0.6) is 0 Å². The quantitative estimate of drug-likeness (QED) is 0.894. The third-order valence-electron chi connectivity index (χ3n) is 4.06. The van der Waals surface area contributed by atoms with E-state index in [2.05, 4.69) is 35.2 Å². The molecule has 0 radical (unpaired) electrons. The smallest absolute Gasteiger partial charge is 0.144 e. The van der Waals surface area contributed by atoms with Crippen LogP contribution in [0.2, 0.25) is 0 Å². The van der Waals surface area contributed by atoms with Gasteiger partial charge < -0.3 is 10.2 Å². The molecule has 0 atom stereocenters. The first-order valence-corrected chi connectivity index (χ1v) is 6.86. The molecule has 0 amide bonds. The molecule has 0 saturated carbocycles. The topological polar surface area (TPSA) is 52.0 Å². The van der Waals surface area contributed by atoms with E-state index < -0.39 is 0 Å². The zero-order valence-corrected chi connectivity index (χ0v) is 11.8. The van der Waals surface area contributed by atoms with E-state index in [0.717, 1.165) is 18.7 Å². The number of likely N-dealkylation sites (tertiary alicyclic amines) is 1. The van der Waals surface area contributed by atoms with Crippen LogP contribution in [0.4, 0.5) is 0 Å². The van der Waals surface area contributed by atoms with Gasteiger partial charge in [-0.25, -0.2) is 4.98 Å². The second kappa shape index (κ2) is 6.14. The van der Waals surface area contributed by atoms with Gasteiger partial charge in [-0.05, 0) is 44.5 Å². The van der Waals surface area contributed by atoms with Gasteiger partial charge in [0.15, 0.2) is 0 Å². The van der Waals surface area contributed by atoms with Crippen molar-refractivity contribution in [3.8, 4) is 6.07 Å². The fourth-order valence-corrected chi connectivity index (χ4v) is 2.52. The van der Waals surface area contributed by atoms with Gasteiger partial charge in [0, 0.05) is 24.8 Å². The maximum absolute atomic E-state index is 9.00. The lowest BCUT2D eigenvalue weighted by Gasteiger charge is -2.38. The lowest BCUT2D eigenvalue weighted by atomic mass is 9.80. The Morgan fingerprint density at radius 3 is 2.89 bits per heavy atom. The zero-order chi connectivity index (χ0) is 13.7. The van der Waals surface area contributed by atoms with Crippen LogP contribution in [-0.2, 0) is 6.54 Å². The molecule has 1 N–H and O–H groups in total. The summed E-state index contributed by atoms with van der Waals surface area (Å²) in [5.41, 5.74) is 1.90. The minimum atomic E-state index is 0.377. The highest BCUT2D eigenvalue weighted by Crippen LogP contribution is 2.29. The average Bonchev–Trinajstić information content (AvgIpc) is 2.43. The van der Waals surface area contributed by atoms with E-state index >= 15 is 0 Å². The largest absolute Gasteiger partial charge is 0.312 e. The Labute approximate surface area is 115 Å². The predicted octanol–water partition coefficient (Wildman–Crippen LogP) is 1.77. The van der Waals surface area contributed by atoms with E-state index in [-0.39, 0.29) is 0 Å². The molecule has 0 aromatic carbocycles. The summed E-state index contributed by atoms with van der Waals surface area (Å²) in [6, 6.07) is 5.99. The maximum Gasteiger partial charge on any atom is 0.144 e. The van der Waals surface area contributed by atoms with Crippen molar-refractivity contribution in [3.05, 3.63) is 29.6 Å². The van der Waals surface area contributed by atoms with Crippen molar-refractivity contribution in [2.45, 2.75) is 26.3 Å². The molecule has 0 aliphatic carbocycles. The summed E-state index contributed by atoms with van der Waals surface area (Å²) < 4.78 is 0. The molecule has 0 spiro atoms. The third kappa shape index (κ3) is 3.76. The highest BCUT2D eigenvalue weighted by molar-refractivity contribution is 5.30. The number of hydrogen-bond donors (Lipinski definition) is 1. The highest BCUT2D eigenvalue weighted by atomic mass is 15.1. The molecule has 4 heteroatoms. The lowest BCUT2D eigenvalue weighted by molar-refractivity contribution is 0.137. The van der Waals surface area contributed by atoms with Crippen molar-refractivity contribution in [3.63, 3.8) is 0 Å². The molecule has 1 aliphatic heterocycles. The molecule has 2 rings (SSSR count). The first-order valence-electron chi connectivity index (χ1n) is 6.86. The van der Waals surface area contributed by atoms with Crippen LogP contribution in [0, 0.1) is 16.7 Å². The first-order chi connectivity index (χ1) is 9.13. The van der Waals surface area contributed by atoms with Crippen molar-refractivity contribution >= 4 is 0 Å². The number of aromatic nitrogens is 1. The minimum absolute atomic E-state index is 0.377. The van der Waals surface area contributed by atoms with Crippen molar-refractivity contribution in [2.75, 3.05) is 26.7 Å². The molecular weight excluding hydrogens is 236 g/mol. The van der Waals surface area contributed by atoms with Gasteiger partial charge in [0.05, 0.1) is 0 Å². The van der Waals surface area contributed by atoms with Crippen molar-refractivity contribution in [1.29, 1.82) is 5.26 Å². The van der Waals surface area contributed by atoms with Gasteiger partial charge in [0.1, 0.15) is 11.8 Å². The Hall–Kier alpha value is -1.44. The Balaban J connectivity index is 1.85. The highest BCUT2D eigenvalue weighted by Gasteiger charge is 2.28. The second-order valence-electron chi connectivity index (χ2n) is 5.84. The normalized spacial score (nSPS) is 19.0. The SMILES string of the molecule is CN1CCC(C)(CNCc2cccnc2C#N)CC1. The van der Waals surface area contributed by atoms with E-state index in [1.165, 1.54) is 25.9 Å². The molecule has 4 nitrogen and oxygen atoms in total. The first kappa shape index (κ1) is 14.0. The van der Waals surface area contributed by atoms with E-state index in [1.807, 2.05) is 12.1 Å². The number of nitriles is 1. The molecule has 0 unspecified atom stereocenters. The average molecular weight is 258 g/mol. The number of piperidine rings is 1. The van der Waals surface area contributed by atoms with Gasteiger partial charge in [-0.1, -0.05) is 13.0 Å². The van der Waals surface area contributed by atoms with Crippen molar-refractivity contribution < 1.29 is 0 Å². The molecule has 1 aromatic heterocycles. The second-order valence-corrected chi connectivity index (χ2v) is 5.84. The van der Waals surface area contributed by atoms with E-state index in [9.17, 15) is 0 Å². The fraction of sp³-hybridized carbons (Fsp3) is 0.600. The maximum atomic E-state index is 9.00. The molecule has 19 heavy (non-hydrogen) atoms. The van der Waals surface area contributed by atoms with Gasteiger partial charge in [-0.15, -0.1) is 0 Å². The van der Waals surface area contributed by atoms with Crippen LogP contribution in [0.1, 0.15) is 31.0 Å². The summed E-state index contributed by atoms with van der Waals surface area (Å²) in [5.74, 6) is 0. The number of rotatable bonds is 4. The Morgan fingerprint density at radius 1 is 1.47 bits per heavy atom. The van der Waals surface area contributed by atoms with Gasteiger partial charge in [-0.3, -0.25) is 0 Å². The molecular formula is C15H22N4. The molecule has 1 fully saturated rings. The van der Waals surface area contributed by atoms with E-state index in [1.54, 1.807) is 6.20 Å². The Bertz CT molecular complexity index is 455. The number of nitrogens with one attached hydrogen (secondary N) is 1. The lowest BCUT2D eigenvalue weighted by Crippen LogP contribution is -2.41. The molecule has 0 bridgehead atoms. The van der Waals surface area contributed by atoms with Crippen LogP contribution >= 0.6 is 0 Å². The van der Waals surface area contributed by atoms with Crippen molar-refractivity contribution in [1.82, 2.24) is 15.2 Å². The predicted molar refractivity (Wildman–Crippen MR) is 75.5 cm³/mol. The minimum Gasteiger partial charge on any atom is -0.312 e. The molecule has 1 aliphatic rings. The Morgan fingerprint density at radius 2 is 2.21 bits per heavy atom. The third-order valence-corrected chi connectivity index (χ3v) is 4.06. The zero-order valence-electron chi connectivity index (χ0n) is 11.8. The molecule has 2 heterocycles. The van der Waals surface area contributed by atoms with Crippen LogP contribution in [0.25, 0.3) is 0 Å². The fourth-order valence-electron chi connectivity index (χ4n) is 2.52. The summed E-state index contributed by atoms with van der Waals surface area (Å²) >= 11 is 0. The monoisotopic (exact) mass is 258 g/mol. The van der Waals surface area contributed by atoms with Crippen LogP contribution in [-0.4, -0.2) is 36.6 Å². The van der Waals surface area contributed by atoms with Gasteiger partial charge in [0.2, 0.25) is 0 Å². The van der Waals surface area contributed by atoms with Gasteiger partial charge in [0.25, 0.3) is 0 Å². The summed E-state index contributed by atoms with van der Waals surface area (Å²) in [4.78, 5) is 6.47. The Kier molecular flexibility index (Phi) is 4.52. The van der Waals surface area contributed by atoms with Crippen molar-refractivity contribution in [2.24, 2.45) is 5.41 Å². The number of nitrogens with zero attached hydrogens (tertiary/aromatic N) is 3.